The van der Waals surface area contributed by atoms with Crippen LogP contribution in [0.3, 0.4) is 0 Å². The Morgan fingerprint density at radius 2 is 2.10 bits per heavy atom. The van der Waals surface area contributed by atoms with Gasteiger partial charge in [0.25, 0.3) is 0 Å². The molecule has 1 heterocycles. The van der Waals surface area contributed by atoms with E-state index in [1.54, 1.807) is 25.1 Å². The van der Waals surface area contributed by atoms with Gasteiger partial charge in [-0.05, 0) is 44.4 Å². The second-order valence-electron chi connectivity index (χ2n) is 5.04. The zero-order valence-corrected chi connectivity index (χ0v) is 12.1. The molecule has 0 saturated heterocycles. The van der Waals surface area contributed by atoms with Crippen molar-refractivity contribution in [2.24, 2.45) is 0 Å². The topological polar surface area (TPSA) is 87.4 Å². The van der Waals surface area contributed by atoms with E-state index in [4.69, 9.17) is 4.52 Å². The third kappa shape index (κ3) is 4.83. The van der Waals surface area contributed by atoms with Gasteiger partial charge in [-0.1, -0.05) is 17.3 Å². The van der Waals surface area contributed by atoms with Gasteiger partial charge in [-0.3, -0.25) is 5.32 Å². The first kappa shape index (κ1) is 14.9. The molecule has 0 bridgehead atoms. The predicted molar refractivity (Wildman–Crippen MR) is 79.3 cm³/mol. The highest BCUT2D eigenvalue weighted by atomic mass is 16.5. The number of aromatic hydroxyl groups is 1. The number of hydrogen-bond acceptors (Lipinski definition) is 4. The molecule has 1 aromatic carbocycles. The number of phenolic OH excluding ortho intramolecular Hbond substituents is 1. The van der Waals surface area contributed by atoms with Gasteiger partial charge in [-0.15, -0.1) is 0 Å². The molecular weight excluding hydrogens is 270 g/mol. The summed E-state index contributed by atoms with van der Waals surface area (Å²) in [5, 5.41) is 18.3. The Labute approximate surface area is 123 Å². The molecule has 6 nitrogen and oxygen atoms in total. The Balaban J connectivity index is 1.74. The van der Waals surface area contributed by atoms with Crippen molar-refractivity contribution in [1.29, 1.82) is 0 Å². The lowest BCUT2D eigenvalue weighted by Crippen LogP contribution is -2.36. The highest BCUT2D eigenvalue weighted by molar-refractivity contribution is 5.87. The third-order valence-corrected chi connectivity index (χ3v) is 3.04. The van der Waals surface area contributed by atoms with Gasteiger partial charge >= 0.3 is 6.03 Å². The molecular formula is C15H19N3O3. The Bertz CT molecular complexity index is 592. The highest BCUT2D eigenvalue weighted by Crippen LogP contribution is 2.12. The maximum absolute atomic E-state index is 11.7. The third-order valence-electron chi connectivity index (χ3n) is 3.04. The summed E-state index contributed by atoms with van der Waals surface area (Å²) >= 11 is 0. The number of rotatable bonds is 5. The summed E-state index contributed by atoms with van der Waals surface area (Å²) in [4.78, 5) is 11.7. The quantitative estimate of drug-likeness (QED) is 0.789. The second kappa shape index (κ2) is 6.78. The molecule has 2 rings (SSSR count). The number of carbonyl (C=O) groups is 1. The Hall–Kier alpha value is -2.50. The van der Waals surface area contributed by atoms with Gasteiger partial charge in [0, 0.05) is 12.1 Å². The van der Waals surface area contributed by atoms with E-state index in [-0.39, 0.29) is 17.8 Å². The molecule has 1 atom stereocenters. The number of nitrogens with zero attached hydrogens (tertiary/aromatic N) is 1. The fourth-order valence-electron chi connectivity index (χ4n) is 1.91. The fraction of sp³-hybridized carbons (Fsp3) is 0.333. The lowest BCUT2D eigenvalue weighted by molar-refractivity contribution is 0.247. The van der Waals surface area contributed by atoms with E-state index < -0.39 is 0 Å². The number of amides is 2. The van der Waals surface area contributed by atoms with E-state index in [1.807, 2.05) is 19.1 Å². The number of nitrogens with one attached hydrogen (secondary N) is 2. The number of anilines is 1. The summed E-state index contributed by atoms with van der Waals surface area (Å²) in [5.41, 5.74) is 1.83. The molecule has 1 unspecified atom stereocenters. The molecule has 3 N–H and O–H groups in total. The molecule has 0 aliphatic carbocycles. The molecule has 1 aromatic heterocycles. The smallest absolute Gasteiger partial charge is 0.321 e. The molecule has 0 aliphatic heterocycles. The number of phenols is 1. The summed E-state index contributed by atoms with van der Waals surface area (Å²) in [7, 11) is 0. The van der Waals surface area contributed by atoms with Crippen LogP contribution >= 0.6 is 0 Å². The normalized spacial score (nSPS) is 11.9. The lowest BCUT2D eigenvalue weighted by Gasteiger charge is -2.13. The maximum Gasteiger partial charge on any atom is 0.321 e. The van der Waals surface area contributed by atoms with Crippen molar-refractivity contribution in [2.75, 3.05) is 5.32 Å². The van der Waals surface area contributed by atoms with Crippen molar-refractivity contribution in [3.8, 4) is 5.75 Å². The second-order valence-corrected chi connectivity index (χ2v) is 5.04. The Kier molecular flexibility index (Phi) is 4.81. The summed E-state index contributed by atoms with van der Waals surface area (Å²) < 4.78 is 4.91. The number of urea groups is 1. The van der Waals surface area contributed by atoms with E-state index in [2.05, 4.69) is 15.8 Å². The molecule has 0 aliphatic rings. The van der Waals surface area contributed by atoms with Crippen molar-refractivity contribution in [1.82, 2.24) is 10.5 Å². The van der Waals surface area contributed by atoms with Crippen LogP contribution in [0.5, 0.6) is 5.75 Å². The van der Waals surface area contributed by atoms with Crippen LogP contribution < -0.4 is 10.6 Å². The first-order valence-corrected chi connectivity index (χ1v) is 6.81. The van der Waals surface area contributed by atoms with Gasteiger partial charge in [0.1, 0.15) is 5.75 Å². The van der Waals surface area contributed by atoms with E-state index in [0.717, 1.165) is 18.4 Å². The SMILES string of the molecule is Cc1cc(NC(=O)NC(C)CCc2ccc(O)cc2)on1. The standard InChI is InChI=1S/C15H19N3O3/c1-10(3-4-12-5-7-13(19)8-6-12)16-15(20)17-14-9-11(2)18-21-14/h5-10,19H,3-4H2,1-2H3,(H2,16,17,20). The number of aryl methyl sites for hydroxylation is 2. The molecule has 0 saturated carbocycles. The molecule has 6 heteroatoms. The molecule has 112 valence electrons. The summed E-state index contributed by atoms with van der Waals surface area (Å²) in [6.07, 6.45) is 1.62. The lowest BCUT2D eigenvalue weighted by atomic mass is 10.1. The van der Waals surface area contributed by atoms with Crippen LogP contribution in [0.15, 0.2) is 34.9 Å². The monoisotopic (exact) mass is 289 g/mol. The fourth-order valence-corrected chi connectivity index (χ4v) is 1.91. The van der Waals surface area contributed by atoms with E-state index >= 15 is 0 Å². The van der Waals surface area contributed by atoms with Crippen LogP contribution in [0, 0.1) is 6.92 Å². The van der Waals surface area contributed by atoms with Crippen LogP contribution in [-0.4, -0.2) is 22.3 Å². The zero-order valence-electron chi connectivity index (χ0n) is 12.1. The van der Waals surface area contributed by atoms with Crippen molar-refractivity contribution in [3.63, 3.8) is 0 Å². The van der Waals surface area contributed by atoms with Crippen molar-refractivity contribution in [2.45, 2.75) is 32.7 Å². The van der Waals surface area contributed by atoms with Crippen LogP contribution in [0.25, 0.3) is 0 Å². The van der Waals surface area contributed by atoms with Gasteiger partial charge in [0.05, 0.1) is 5.69 Å². The van der Waals surface area contributed by atoms with Crippen LogP contribution in [0.2, 0.25) is 0 Å². The van der Waals surface area contributed by atoms with E-state index in [9.17, 15) is 9.90 Å². The van der Waals surface area contributed by atoms with Crippen LogP contribution in [0.1, 0.15) is 24.6 Å². The van der Waals surface area contributed by atoms with Crippen molar-refractivity contribution >= 4 is 11.9 Å². The minimum Gasteiger partial charge on any atom is -0.508 e. The van der Waals surface area contributed by atoms with Gasteiger partial charge < -0.3 is 14.9 Å². The van der Waals surface area contributed by atoms with Crippen LogP contribution in [-0.2, 0) is 6.42 Å². The van der Waals surface area contributed by atoms with Gasteiger partial charge in [0.2, 0.25) is 5.88 Å². The summed E-state index contributed by atoms with van der Waals surface area (Å²) in [6.45, 7) is 3.72. The molecule has 0 spiro atoms. The molecule has 2 amide bonds. The van der Waals surface area contributed by atoms with Gasteiger partial charge in [0.15, 0.2) is 0 Å². The number of carbonyl (C=O) groups excluding carboxylic acids is 1. The predicted octanol–water partition coefficient (Wildman–Crippen LogP) is 2.83. The number of hydrogen-bond donors (Lipinski definition) is 3. The maximum atomic E-state index is 11.7. The summed E-state index contributed by atoms with van der Waals surface area (Å²) in [6, 6.07) is 8.42. The molecule has 0 fully saturated rings. The number of aromatic nitrogens is 1. The van der Waals surface area contributed by atoms with Gasteiger partial charge in [-0.2, -0.15) is 0 Å². The minimum atomic E-state index is -0.315. The first-order chi connectivity index (χ1) is 10.0. The van der Waals surface area contributed by atoms with Gasteiger partial charge in [-0.25, -0.2) is 4.79 Å². The molecule has 2 aromatic rings. The Morgan fingerprint density at radius 3 is 2.71 bits per heavy atom. The van der Waals surface area contributed by atoms with E-state index in [1.165, 1.54) is 0 Å². The summed E-state index contributed by atoms with van der Waals surface area (Å²) in [5.74, 6) is 0.586. The van der Waals surface area contributed by atoms with Crippen LogP contribution in [0.4, 0.5) is 10.7 Å². The van der Waals surface area contributed by atoms with Crippen molar-refractivity contribution in [3.05, 3.63) is 41.6 Å². The molecule has 21 heavy (non-hydrogen) atoms. The zero-order chi connectivity index (χ0) is 15.2. The van der Waals surface area contributed by atoms with Crippen molar-refractivity contribution < 1.29 is 14.4 Å². The largest absolute Gasteiger partial charge is 0.508 e. The highest BCUT2D eigenvalue weighted by Gasteiger charge is 2.10. The average Bonchev–Trinajstić information content (AvgIpc) is 2.83. The number of benzene rings is 1. The Morgan fingerprint density at radius 1 is 1.38 bits per heavy atom. The minimum absolute atomic E-state index is 0.0165. The molecule has 0 radical (unpaired) electrons. The van der Waals surface area contributed by atoms with E-state index in [0.29, 0.717) is 11.6 Å². The average molecular weight is 289 g/mol. The first-order valence-electron chi connectivity index (χ1n) is 6.81.